The fourth-order valence-electron chi connectivity index (χ4n) is 6.12. The first-order chi connectivity index (χ1) is 20.9. The van der Waals surface area contributed by atoms with Crippen LogP contribution in [0.3, 0.4) is 0 Å². The number of ketones is 2. The summed E-state index contributed by atoms with van der Waals surface area (Å²) in [5.41, 5.74) is 1.27. The Morgan fingerprint density at radius 3 is 2.57 bits per heavy atom. The van der Waals surface area contributed by atoms with Crippen molar-refractivity contribution in [1.29, 1.82) is 0 Å². The number of hydrogen-bond acceptors (Lipinski definition) is 8. The molecule has 1 N–H and O–H groups in total. The van der Waals surface area contributed by atoms with Crippen molar-refractivity contribution in [3.63, 3.8) is 0 Å². The van der Waals surface area contributed by atoms with Crippen molar-refractivity contribution in [3.05, 3.63) is 47.8 Å². The predicted octanol–water partition coefficient (Wildman–Crippen LogP) is 5.57. The normalized spacial score (nSPS) is 24.5. The number of ether oxygens (including phenoxy) is 4. The first-order valence-corrected chi connectivity index (χ1v) is 15.6. The van der Waals surface area contributed by atoms with Crippen LogP contribution in [0.2, 0.25) is 0 Å². The second-order valence-electron chi connectivity index (χ2n) is 12.4. The molecule has 1 amide bonds. The molecule has 3 rings (SSSR count). The molecular formula is C34H49NO9. The van der Waals surface area contributed by atoms with E-state index in [1.54, 1.807) is 34.1 Å². The quantitative estimate of drug-likeness (QED) is 0.175. The van der Waals surface area contributed by atoms with E-state index in [-0.39, 0.29) is 18.1 Å². The molecular weight excluding hydrogens is 566 g/mol. The second kappa shape index (κ2) is 16.2. The molecule has 0 bridgehead atoms. The molecule has 244 valence electrons. The van der Waals surface area contributed by atoms with Gasteiger partial charge < -0.3 is 24.1 Å². The molecule has 1 fully saturated rings. The molecule has 10 nitrogen and oxygen atoms in total. The van der Waals surface area contributed by atoms with Crippen LogP contribution in [-0.4, -0.2) is 85.4 Å². The number of aliphatic carboxylic acids is 1. The van der Waals surface area contributed by atoms with Crippen molar-refractivity contribution in [2.75, 3.05) is 27.4 Å². The van der Waals surface area contributed by atoms with E-state index < -0.39 is 47.8 Å². The topological polar surface area (TPSA) is 129 Å². The molecule has 0 aromatic heterocycles. The molecule has 1 heterocycles. The third-order valence-corrected chi connectivity index (χ3v) is 9.15. The van der Waals surface area contributed by atoms with E-state index in [1.807, 2.05) is 19.1 Å². The van der Waals surface area contributed by atoms with Crippen LogP contribution in [0.25, 0.3) is 0 Å². The van der Waals surface area contributed by atoms with Crippen LogP contribution in [0.1, 0.15) is 78.6 Å². The number of carboxylic acid groups (broad SMARTS) is 1. The maximum absolute atomic E-state index is 13.8. The SMILES string of the molecule is C=CCC1=CCC(OCC(=O)O)CC1C(CCC1=CCC(OC)C(OC)=C1)OC(=O)N1CCCC1C(=O)C(=O)C(C)(C)CC. The number of hydrogen-bond donors (Lipinski definition) is 1. The van der Waals surface area contributed by atoms with Gasteiger partial charge in [-0.1, -0.05) is 44.6 Å². The summed E-state index contributed by atoms with van der Waals surface area (Å²) in [6.07, 6.45) is 11.0. The molecule has 10 heteroatoms. The van der Waals surface area contributed by atoms with Gasteiger partial charge in [0.1, 0.15) is 30.6 Å². The molecule has 3 aliphatic rings. The van der Waals surface area contributed by atoms with Crippen molar-refractivity contribution in [2.45, 2.75) is 103 Å². The Hall–Kier alpha value is -3.24. The fraction of sp³-hybridized carbons (Fsp3) is 0.647. The van der Waals surface area contributed by atoms with Gasteiger partial charge in [-0.3, -0.25) is 14.5 Å². The maximum Gasteiger partial charge on any atom is 0.410 e. The Bertz CT molecular complexity index is 1170. The minimum Gasteiger partial charge on any atom is -0.498 e. The van der Waals surface area contributed by atoms with E-state index in [0.717, 1.165) is 16.9 Å². The first-order valence-electron chi connectivity index (χ1n) is 15.6. The van der Waals surface area contributed by atoms with Gasteiger partial charge in [0.25, 0.3) is 0 Å². The molecule has 0 spiro atoms. The van der Waals surface area contributed by atoms with E-state index in [0.29, 0.717) is 64.3 Å². The zero-order chi connectivity index (χ0) is 32.4. The summed E-state index contributed by atoms with van der Waals surface area (Å²) < 4.78 is 23.0. The highest BCUT2D eigenvalue weighted by Gasteiger charge is 2.43. The van der Waals surface area contributed by atoms with Gasteiger partial charge in [0.15, 0.2) is 0 Å². The summed E-state index contributed by atoms with van der Waals surface area (Å²) in [6.45, 7) is 9.18. The number of carboxylic acids is 1. The number of nitrogens with zero attached hydrogens (tertiary/aromatic N) is 1. The smallest absolute Gasteiger partial charge is 0.410 e. The number of methoxy groups -OCH3 is 2. The highest BCUT2D eigenvalue weighted by Crippen LogP contribution is 2.37. The van der Waals surface area contributed by atoms with Crippen LogP contribution in [0.15, 0.2) is 47.8 Å². The van der Waals surface area contributed by atoms with Gasteiger partial charge in [-0.05, 0) is 69.4 Å². The largest absolute Gasteiger partial charge is 0.498 e. The lowest BCUT2D eigenvalue weighted by molar-refractivity contribution is -0.145. The van der Waals surface area contributed by atoms with E-state index in [1.165, 1.54) is 4.90 Å². The summed E-state index contributed by atoms with van der Waals surface area (Å²) in [4.78, 5) is 52.7. The number of amides is 1. The lowest BCUT2D eigenvalue weighted by Gasteiger charge is -2.36. The molecule has 0 aromatic rings. The van der Waals surface area contributed by atoms with Crippen molar-refractivity contribution in [3.8, 4) is 0 Å². The van der Waals surface area contributed by atoms with Crippen LogP contribution in [-0.2, 0) is 33.3 Å². The van der Waals surface area contributed by atoms with Gasteiger partial charge >= 0.3 is 12.1 Å². The van der Waals surface area contributed by atoms with Crippen LogP contribution in [0.5, 0.6) is 0 Å². The van der Waals surface area contributed by atoms with E-state index in [2.05, 4.69) is 12.7 Å². The zero-order valence-corrected chi connectivity index (χ0v) is 26.8. The van der Waals surface area contributed by atoms with E-state index in [9.17, 15) is 19.2 Å². The molecule has 0 radical (unpaired) electrons. The second-order valence-corrected chi connectivity index (χ2v) is 12.4. The van der Waals surface area contributed by atoms with Crippen LogP contribution in [0, 0.1) is 11.3 Å². The van der Waals surface area contributed by atoms with Crippen molar-refractivity contribution >= 4 is 23.6 Å². The molecule has 2 aliphatic carbocycles. The maximum atomic E-state index is 13.8. The Morgan fingerprint density at radius 2 is 1.93 bits per heavy atom. The molecule has 0 aromatic carbocycles. The van der Waals surface area contributed by atoms with Crippen molar-refractivity contribution < 1.29 is 43.2 Å². The zero-order valence-electron chi connectivity index (χ0n) is 26.8. The van der Waals surface area contributed by atoms with E-state index in [4.69, 9.17) is 24.1 Å². The summed E-state index contributed by atoms with van der Waals surface area (Å²) in [6, 6.07) is -0.845. The third kappa shape index (κ3) is 8.91. The Morgan fingerprint density at radius 1 is 1.18 bits per heavy atom. The molecule has 1 aliphatic heterocycles. The highest BCUT2D eigenvalue weighted by molar-refractivity contribution is 6.41. The molecule has 5 atom stereocenters. The van der Waals surface area contributed by atoms with Crippen molar-refractivity contribution in [2.24, 2.45) is 11.3 Å². The van der Waals surface area contributed by atoms with Crippen LogP contribution >= 0.6 is 0 Å². The standard InChI is InChI=1S/C34H49NO9/c1-7-10-23-14-15-24(43-21-30(36)37)20-25(23)27(16-12-22-13-17-28(41-5)29(19-22)42-6)44-33(40)35-18-9-11-26(35)31(38)32(39)34(3,4)8-2/h7,13-14,19,24-28H,1,8-12,15-18,20-21H2,2-6H3,(H,36,37). The summed E-state index contributed by atoms with van der Waals surface area (Å²) in [5, 5.41) is 9.17. The van der Waals surface area contributed by atoms with Gasteiger partial charge in [0.2, 0.25) is 11.6 Å². The fourth-order valence-corrected chi connectivity index (χ4v) is 6.12. The van der Waals surface area contributed by atoms with Gasteiger partial charge in [0.05, 0.1) is 13.2 Å². The molecule has 0 saturated carbocycles. The minimum absolute atomic E-state index is 0.157. The highest BCUT2D eigenvalue weighted by atomic mass is 16.6. The summed E-state index contributed by atoms with van der Waals surface area (Å²) >= 11 is 0. The average Bonchev–Trinajstić information content (AvgIpc) is 3.52. The number of allylic oxidation sites excluding steroid dienone is 3. The predicted molar refractivity (Wildman–Crippen MR) is 165 cm³/mol. The van der Waals surface area contributed by atoms with Crippen molar-refractivity contribution in [1.82, 2.24) is 4.90 Å². The third-order valence-electron chi connectivity index (χ3n) is 9.15. The van der Waals surface area contributed by atoms with Gasteiger partial charge in [0, 0.05) is 25.0 Å². The summed E-state index contributed by atoms with van der Waals surface area (Å²) in [5.74, 6) is -1.59. The Kier molecular flexibility index (Phi) is 13.0. The number of carbonyl (C=O) groups excluding carboxylic acids is 3. The lowest BCUT2D eigenvalue weighted by atomic mass is 9.79. The number of carbonyl (C=O) groups is 4. The first kappa shape index (κ1) is 35.2. The van der Waals surface area contributed by atoms with Gasteiger partial charge in [-0.15, -0.1) is 6.58 Å². The molecule has 5 unspecified atom stereocenters. The van der Waals surface area contributed by atoms with Gasteiger partial charge in [-0.2, -0.15) is 0 Å². The molecule has 1 saturated heterocycles. The number of rotatable bonds is 16. The summed E-state index contributed by atoms with van der Waals surface area (Å²) in [7, 11) is 3.25. The van der Waals surface area contributed by atoms with Crippen LogP contribution < -0.4 is 0 Å². The molecule has 44 heavy (non-hydrogen) atoms. The number of Topliss-reactive ketones (excluding diaryl/α,β-unsaturated/α-hetero) is 2. The monoisotopic (exact) mass is 615 g/mol. The number of likely N-dealkylation sites (tertiary alicyclic amines) is 1. The Balaban J connectivity index is 1.86. The van der Waals surface area contributed by atoms with E-state index >= 15 is 0 Å². The minimum atomic E-state index is -1.05. The Labute approximate surface area is 261 Å². The van der Waals surface area contributed by atoms with Gasteiger partial charge in [-0.25, -0.2) is 9.59 Å². The lowest BCUT2D eigenvalue weighted by Crippen LogP contribution is -2.48. The average molecular weight is 616 g/mol. The van der Waals surface area contributed by atoms with Crippen LogP contribution in [0.4, 0.5) is 4.79 Å².